The molecule has 0 bridgehead atoms. The number of unbranched alkanes of at least 4 members (excludes halogenated alkanes) is 2. The molecule has 0 spiro atoms. The molecule has 2 aliphatic carbocycles. The Morgan fingerprint density at radius 3 is 2.02 bits per heavy atom. The highest BCUT2D eigenvalue weighted by atomic mass is 16.6. The van der Waals surface area contributed by atoms with E-state index in [9.17, 15) is 9.59 Å². The van der Waals surface area contributed by atoms with Gasteiger partial charge < -0.3 is 19.3 Å². The summed E-state index contributed by atoms with van der Waals surface area (Å²) in [4.78, 5) is 23.8. The van der Waals surface area contributed by atoms with Crippen molar-refractivity contribution in [1.82, 2.24) is 0 Å². The number of ether oxygens (including phenoxy) is 3. The first kappa shape index (κ1) is 41.5. The third kappa shape index (κ3) is 12.2. The summed E-state index contributed by atoms with van der Waals surface area (Å²) >= 11 is 0. The summed E-state index contributed by atoms with van der Waals surface area (Å²) in [6.45, 7) is 15.8. The van der Waals surface area contributed by atoms with E-state index in [1.165, 1.54) is 99.3 Å². The Labute approximate surface area is 314 Å². The fourth-order valence-electron chi connectivity index (χ4n) is 8.66. The molecular formula is C46H66O6. The quantitative estimate of drug-likeness (QED) is 0.0835. The van der Waals surface area contributed by atoms with E-state index in [4.69, 9.17) is 19.3 Å². The lowest BCUT2D eigenvalue weighted by molar-refractivity contribution is -0.141. The summed E-state index contributed by atoms with van der Waals surface area (Å²) in [7, 11) is 0. The second kappa shape index (κ2) is 21.5. The van der Waals surface area contributed by atoms with Crippen LogP contribution in [0.2, 0.25) is 0 Å². The Kier molecular flexibility index (Phi) is 17.2. The van der Waals surface area contributed by atoms with E-state index in [1.54, 1.807) is 12.5 Å². The van der Waals surface area contributed by atoms with Crippen LogP contribution < -0.4 is 0 Å². The summed E-state index contributed by atoms with van der Waals surface area (Å²) in [5, 5.41) is 9.15. The summed E-state index contributed by atoms with van der Waals surface area (Å²) in [5.74, 6) is 2.03. The van der Waals surface area contributed by atoms with Crippen LogP contribution in [-0.4, -0.2) is 43.5 Å². The van der Waals surface area contributed by atoms with Crippen LogP contribution in [0.5, 0.6) is 0 Å². The number of carbonyl (C=O) groups excluding carboxylic acids is 2. The van der Waals surface area contributed by atoms with E-state index in [0.29, 0.717) is 24.3 Å². The molecule has 286 valence electrons. The van der Waals surface area contributed by atoms with Crippen molar-refractivity contribution in [2.75, 3.05) is 26.4 Å². The zero-order valence-corrected chi connectivity index (χ0v) is 32.7. The molecule has 0 saturated heterocycles. The van der Waals surface area contributed by atoms with Gasteiger partial charge in [-0.3, -0.25) is 0 Å². The van der Waals surface area contributed by atoms with Gasteiger partial charge in [0, 0.05) is 5.57 Å². The number of benzene rings is 2. The van der Waals surface area contributed by atoms with Gasteiger partial charge in [-0.2, -0.15) is 0 Å². The monoisotopic (exact) mass is 714 g/mol. The Hall–Kier alpha value is -3.22. The van der Waals surface area contributed by atoms with Crippen LogP contribution >= 0.6 is 0 Å². The molecule has 2 aromatic carbocycles. The number of aliphatic hydroxyl groups is 1. The highest BCUT2D eigenvalue weighted by Gasteiger charge is 2.32. The van der Waals surface area contributed by atoms with E-state index in [-0.39, 0.29) is 31.5 Å². The van der Waals surface area contributed by atoms with Gasteiger partial charge >= 0.3 is 11.9 Å². The van der Waals surface area contributed by atoms with Crippen molar-refractivity contribution < 1.29 is 28.9 Å². The van der Waals surface area contributed by atoms with Crippen molar-refractivity contribution in [1.29, 1.82) is 0 Å². The molecule has 2 aromatic rings. The zero-order valence-electron chi connectivity index (χ0n) is 32.7. The minimum Gasteiger partial charge on any atom is -0.462 e. The molecule has 1 atom stereocenters. The fourth-order valence-corrected chi connectivity index (χ4v) is 8.66. The number of rotatable bonds is 20. The van der Waals surface area contributed by atoms with Gasteiger partial charge in [0.25, 0.3) is 0 Å². The van der Waals surface area contributed by atoms with Gasteiger partial charge in [-0.25, -0.2) is 9.59 Å². The average molecular weight is 715 g/mol. The summed E-state index contributed by atoms with van der Waals surface area (Å²) in [5.41, 5.74) is 8.96. The molecule has 0 radical (unpaired) electrons. The van der Waals surface area contributed by atoms with E-state index < -0.39 is 18.5 Å². The second-order valence-corrected chi connectivity index (χ2v) is 15.5. The molecule has 6 heteroatoms. The molecule has 0 heterocycles. The molecule has 4 rings (SSSR count). The topological polar surface area (TPSA) is 82.1 Å². The van der Waals surface area contributed by atoms with Crippen LogP contribution in [0.3, 0.4) is 0 Å². The number of aryl methyl sites for hydroxylation is 3. The summed E-state index contributed by atoms with van der Waals surface area (Å²) in [6.07, 6.45) is 17.6. The Morgan fingerprint density at radius 1 is 0.788 bits per heavy atom. The Bertz CT molecular complexity index is 1460. The lowest BCUT2D eigenvalue weighted by Gasteiger charge is -2.38. The highest BCUT2D eigenvalue weighted by molar-refractivity contribution is 5.88. The van der Waals surface area contributed by atoms with Crippen molar-refractivity contribution in [2.45, 2.75) is 142 Å². The lowest BCUT2D eigenvalue weighted by atomic mass is 9.67. The van der Waals surface area contributed by atoms with Crippen molar-refractivity contribution in [3.8, 4) is 0 Å². The largest absolute Gasteiger partial charge is 0.462 e. The Balaban J connectivity index is 1.31. The van der Waals surface area contributed by atoms with Gasteiger partial charge in [-0.05, 0) is 154 Å². The van der Waals surface area contributed by atoms with Crippen LogP contribution in [0.1, 0.15) is 156 Å². The number of esters is 2. The van der Waals surface area contributed by atoms with Crippen molar-refractivity contribution in [2.24, 2.45) is 11.8 Å². The van der Waals surface area contributed by atoms with Gasteiger partial charge in [0.1, 0.15) is 6.61 Å². The maximum Gasteiger partial charge on any atom is 0.335 e. The SMILES string of the molecule is C=C(C)C(=O)OCCOC(CCCOC(=O)C(=C)CO)c1ccc(C2CCC(C3CCC(c4ccc(CCCCC)cc4C)CC3)CC2)c(CC)c1. The first-order valence-electron chi connectivity index (χ1n) is 20.3. The van der Waals surface area contributed by atoms with Crippen LogP contribution in [0, 0.1) is 18.8 Å². The molecule has 2 aliphatic rings. The molecule has 1 N–H and O–H groups in total. The maximum atomic E-state index is 11.9. The molecular weight excluding hydrogens is 649 g/mol. The van der Waals surface area contributed by atoms with Crippen LogP contribution in [-0.2, 0) is 36.6 Å². The standard InChI is InChI=1S/C46H66O6/c1-7-9-10-12-35-14-24-42(33(5)29-35)39-19-15-37(16-20-39)38-17-21-40(22-18-38)43-25-23-41(30-36(43)8-2)44(50-27-28-52-45(48)32(3)4)13-11-26-51-46(49)34(6)31-47/h14,23-25,29-30,37-40,44,47H,3,6-13,15-22,26-28,31H2,1-2,4-5H3. The number of hydrogen-bond acceptors (Lipinski definition) is 6. The predicted molar refractivity (Wildman–Crippen MR) is 211 cm³/mol. The van der Waals surface area contributed by atoms with Crippen molar-refractivity contribution in [3.05, 3.63) is 94.1 Å². The minimum absolute atomic E-state index is 0.0428. The molecule has 0 aliphatic heterocycles. The van der Waals surface area contributed by atoms with Crippen LogP contribution in [0.25, 0.3) is 0 Å². The van der Waals surface area contributed by atoms with Gasteiger partial charge in [-0.1, -0.05) is 76.2 Å². The van der Waals surface area contributed by atoms with E-state index in [0.717, 1.165) is 29.7 Å². The molecule has 2 saturated carbocycles. The molecule has 0 aromatic heterocycles. The lowest BCUT2D eigenvalue weighted by Crippen LogP contribution is -2.25. The van der Waals surface area contributed by atoms with Crippen molar-refractivity contribution in [3.63, 3.8) is 0 Å². The third-order valence-corrected chi connectivity index (χ3v) is 11.7. The summed E-state index contributed by atoms with van der Waals surface area (Å²) in [6, 6.07) is 14.1. The first-order valence-corrected chi connectivity index (χ1v) is 20.3. The second-order valence-electron chi connectivity index (χ2n) is 15.5. The van der Waals surface area contributed by atoms with E-state index in [2.05, 4.69) is 70.3 Å². The normalized spacial score (nSPS) is 20.9. The molecule has 6 nitrogen and oxygen atoms in total. The van der Waals surface area contributed by atoms with Gasteiger partial charge in [0.2, 0.25) is 0 Å². The molecule has 0 amide bonds. The maximum absolute atomic E-state index is 11.9. The predicted octanol–water partition coefficient (Wildman–Crippen LogP) is 10.6. The number of hydrogen-bond donors (Lipinski definition) is 1. The van der Waals surface area contributed by atoms with Gasteiger partial charge in [0.15, 0.2) is 0 Å². The van der Waals surface area contributed by atoms with E-state index in [1.807, 2.05) is 0 Å². The number of aliphatic hydroxyl groups excluding tert-OH is 1. The highest BCUT2D eigenvalue weighted by Crippen LogP contribution is 2.47. The Morgan fingerprint density at radius 2 is 1.42 bits per heavy atom. The minimum atomic E-state index is -0.583. The molecule has 1 unspecified atom stereocenters. The molecule has 2 fully saturated rings. The third-order valence-electron chi connectivity index (χ3n) is 11.7. The fraction of sp³-hybridized carbons (Fsp3) is 0.609. The smallest absolute Gasteiger partial charge is 0.335 e. The zero-order chi connectivity index (χ0) is 37.5. The van der Waals surface area contributed by atoms with E-state index >= 15 is 0 Å². The van der Waals surface area contributed by atoms with Crippen molar-refractivity contribution >= 4 is 11.9 Å². The van der Waals surface area contributed by atoms with Crippen LogP contribution in [0.4, 0.5) is 0 Å². The average Bonchev–Trinajstić information content (AvgIpc) is 3.16. The van der Waals surface area contributed by atoms with Gasteiger partial charge in [0.05, 0.1) is 31.5 Å². The molecule has 52 heavy (non-hydrogen) atoms. The van der Waals surface area contributed by atoms with Crippen LogP contribution in [0.15, 0.2) is 60.7 Å². The summed E-state index contributed by atoms with van der Waals surface area (Å²) < 4.78 is 16.8. The number of carbonyl (C=O) groups is 2. The first-order chi connectivity index (χ1) is 25.1. The van der Waals surface area contributed by atoms with Gasteiger partial charge in [-0.15, -0.1) is 0 Å².